The zero-order valence-electron chi connectivity index (χ0n) is 18.7. The summed E-state index contributed by atoms with van der Waals surface area (Å²) in [6.45, 7) is 4.95. The zero-order chi connectivity index (χ0) is 21.4. The molecule has 0 unspecified atom stereocenters. The number of ether oxygens (including phenoxy) is 1. The van der Waals surface area contributed by atoms with E-state index in [-0.39, 0.29) is 18.4 Å². The molecule has 1 N–H and O–H groups in total. The van der Waals surface area contributed by atoms with Crippen molar-refractivity contribution in [1.29, 1.82) is 0 Å². The first kappa shape index (κ1) is 24.3. The maximum absolute atomic E-state index is 12.0. The quantitative estimate of drug-likeness (QED) is 0.329. The number of hydrogen-bond acceptors (Lipinski definition) is 3. The smallest absolute Gasteiger partial charge is 0.252 e. The van der Waals surface area contributed by atoms with Crippen LogP contribution in [0.2, 0.25) is 0 Å². The largest absolute Gasteiger partial charge is 0.350 e. The molecule has 1 aromatic rings. The van der Waals surface area contributed by atoms with Crippen LogP contribution in [0.5, 0.6) is 0 Å². The van der Waals surface area contributed by atoms with Crippen molar-refractivity contribution in [3.63, 3.8) is 0 Å². The van der Waals surface area contributed by atoms with Gasteiger partial charge in [0.05, 0.1) is 13.2 Å². The molecule has 30 heavy (non-hydrogen) atoms. The van der Waals surface area contributed by atoms with E-state index in [0.29, 0.717) is 26.2 Å². The molecule has 1 aromatic heterocycles. The SMILES string of the molecule is CCCCCCCCCCCOC[n+]1ccc(CNC(=O)CN2CCCC2=O)cc1. The summed E-state index contributed by atoms with van der Waals surface area (Å²) in [5.74, 6) is -0.0282. The van der Waals surface area contributed by atoms with Gasteiger partial charge in [0.1, 0.15) is 0 Å². The Labute approximate surface area is 182 Å². The van der Waals surface area contributed by atoms with Crippen molar-refractivity contribution in [3.8, 4) is 0 Å². The number of hydrogen-bond donors (Lipinski definition) is 1. The molecule has 6 nitrogen and oxygen atoms in total. The van der Waals surface area contributed by atoms with Crippen molar-refractivity contribution in [1.82, 2.24) is 10.2 Å². The lowest BCUT2D eigenvalue weighted by molar-refractivity contribution is -0.732. The Morgan fingerprint density at radius 2 is 1.73 bits per heavy atom. The minimum absolute atomic E-state index is 0.0771. The number of carbonyl (C=O) groups excluding carboxylic acids is 2. The normalized spacial score (nSPS) is 13.8. The summed E-state index contributed by atoms with van der Waals surface area (Å²) in [5, 5.41) is 2.88. The standard InChI is InChI=1S/C24H39N3O3/c1-2-3-4-5-6-7-8-9-10-18-30-21-26-16-13-22(14-17-26)19-25-23(28)20-27-15-11-12-24(27)29/h13-14,16-17H,2-12,15,18-21H2,1H3/p+1. The molecule has 1 aliphatic heterocycles. The van der Waals surface area contributed by atoms with Gasteiger partial charge in [-0.3, -0.25) is 9.59 Å². The highest BCUT2D eigenvalue weighted by Crippen LogP contribution is 2.10. The van der Waals surface area contributed by atoms with E-state index in [1.54, 1.807) is 4.90 Å². The van der Waals surface area contributed by atoms with Crippen LogP contribution in [0.3, 0.4) is 0 Å². The summed E-state index contributed by atoms with van der Waals surface area (Å²) in [6.07, 6.45) is 17.3. The van der Waals surface area contributed by atoms with Crippen molar-refractivity contribution in [2.24, 2.45) is 0 Å². The first-order valence-corrected chi connectivity index (χ1v) is 11.8. The molecule has 0 saturated carbocycles. The predicted octanol–water partition coefficient (Wildman–Crippen LogP) is 3.72. The number of aromatic nitrogens is 1. The molecule has 0 aromatic carbocycles. The van der Waals surface area contributed by atoms with E-state index in [1.165, 1.54) is 51.4 Å². The summed E-state index contributed by atoms with van der Waals surface area (Å²) in [7, 11) is 0. The van der Waals surface area contributed by atoms with Crippen molar-refractivity contribution in [2.45, 2.75) is 90.8 Å². The van der Waals surface area contributed by atoms with Crippen molar-refractivity contribution in [2.75, 3.05) is 19.7 Å². The third-order valence-corrected chi connectivity index (χ3v) is 5.59. The second kappa shape index (κ2) is 14.9. The van der Waals surface area contributed by atoms with Crippen molar-refractivity contribution < 1.29 is 18.9 Å². The number of amides is 2. The minimum Gasteiger partial charge on any atom is -0.350 e. The lowest BCUT2D eigenvalue weighted by atomic mass is 10.1. The molecule has 0 aliphatic carbocycles. The van der Waals surface area contributed by atoms with Gasteiger partial charge in [-0.05, 0) is 18.4 Å². The van der Waals surface area contributed by atoms with Crippen LogP contribution in [-0.4, -0.2) is 36.4 Å². The van der Waals surface area contributed by atoms with Gasteiger partial charge < -0.3 is 15.0 Å². The molecule has 1 fully saturated rings. The van der Waals surface area contributed by atoms with E-state index in [4.69, 9.17) is 4.74 Å². The van der Waals surface area contributed by atoms with Crippen LogP contribution in [-0.2, 0) is 27.6 Å². The molecule has 2 amide bonds. The Hall–Kier alpha value is -1.95. The highest BCUT2D eigenvalue weighted by Gasteiger charge is 2.22. The fourth-order valence-electron chi connectivity index (χ4n) is 3.68. The van der Waals surface area contributed by atoms with Gasteiger partial charge in [-0.15, -0.1) is 0 Å². The van der Waals surface area contributed by atoms with Crippen LogP contribution < -0.4 is 9.88 Å². The van der Waals surface area contributed by atoms with E-state index < -0.39 is 0 Å². The molecule has 0 bridgehead atoms. The number of nitrogens with zero attached hydrogens (tertiary/aromatic N) is 2. The minimum atomic E-state index is -0.105. The molecule has 6 heteroatoms. The van der Waals surface area contributed by atoms with E-state index in [2.05, 4.69) is 12.2 Å². The highest BCUT2D eigenvalue weighted by molar-refractivity contribution is 5.85. The zero-order valence-corrected chi connectivity index (χ0v) is 18.7. The number of rotatable bonds is 16. The lowest BCUT2D eigenvalue weighted by Gasteiger charge is -2.14. The van der Waals surface area contributed by atoms with E-state index >= 15 is 0 Å². The molecule has 168 valence electrons. The fraction of sp³-hybridized carbons (Fsp3) is 0.708. The Morgan fingerprint density at radius 1 is 1.07 bits per heavy atom. The molecule has 0 radical (unpaired) electrons. The highest BCUT2D eigenvalue weighted by atomic mass is 16.5. The third kappa shape index (κ3) is 10.2. The van der Waals surface area contributed by atoms with Gasteiger partial charge in [0.2, 0.25) is 11.8 Å². The molecule has 0 spiro atoms. The number of nitrogens with one attached hydrogen (secondary N) is 1. The fourth-order valence-corrected chi connectivity index (χ4v) is 3.68. The third-order valence-electron chi connectivity index (χ3n) is 5.59. The van der Waals surface area contributed by atoms with Crippen LogP contribution in [0.15, 0.2) is 24.5 Å². The summed E-state index contributed by atoms with van der Waals surface area (Å²) in [4.78, 5) is 25.2. The number of likely N-dealkylation sites (tertiary alicyclic amines) is 1. The molecule has 2 heterocycles. The summed E-state index contributed by atoms with van der Waals surface area (Å²) >= 11 is 0. The van der Waals surface area contributed by atoms with E-state index in [1.807, 2.05) is 29.1 Å². The number of pyridine rings is 1. The number of carbonyl (C=O) groups is 2. The molecule has 1 saturated heterocycles. The Kier molecular flexibility index (Phi) is 12.1. The predicted molar refractivity (Wildman–Crippen MR) is 117 cm³/mol. The monoisotopic (exact) mass is 418 g/mol. The second-order valence-electron chi connectivity index (χ2n) is 8.28. The van der Waals surface area contributed by atoms with Crippen LogP contribution in [0.1, 0.15) is 83.1 Å². The average molecular weight is 419 g/mol. The Bertz CT molecular complexity index is 619. The Balaban J connectivity index is 1.48. The first-order valence-electron chi connectivity index (χ1n) is 11.8. The molecule has 0 atom stereocenters. The summed E-state index contributed by atoms with van der Waals surface area (Å²) in [5.41, 5.74) is 1.03. The van der Waals surface area contributed by atoms with Crippen molar-refractivity contribution >= 4 is 11.8 Å². The maximum Gasteiger partial charge on any atom is 0.252 e. The van der Waals surface area contributed by atoms with Gasteiger partial charge in [0.25, 0.3) is 6.73 Å². The molecule has 2 rings (SSSR count). The van der Waals surface area contributed by atoms with Crippen LogP contribution >= 0.6 is 0 Å². The van der Waals surface area contributed by atoms with Crippen LogP contribution in [0.4, 0.5) is 0 Å². The summed E-state index contributed by atoms with van der Waals surface area (Å²) < 4.78 is 7.76. The topological polar surface area (TPSA) is 62.5 Å². The van der Waals surface area contributed by atoms with Crippen LogP contribution in [0.25, 0.3) is 0 Å². The van der Waals surface area contributed by atoms with Gasteiger partial charge in [0, 0.05) is 31.6 Å². The average Bonchev–Trinajstić information content (AvgIpc) is 3.15. The summed E-state index contributed by atoms with van der Waals surface area (Å²) in [6, 6.07) is 3.98. The Morgan fingerprint density at radius 3 is 2.37 bits per heavy atom. The van der Waals surface area contributed by atoms with Gasteiger partial charge in [-0.1, -0.05) is 58.3 Å². The van der Waals surface area contributed by atoms with Gasteiger partial charge >= 0.3 is 0 Å². The first-order chi connectivity index (χ1) is 14.7. The lowest BCUT2D eigenvalue weighted by Crippen LogP contribution is -2.38. The second-order valence-corrected chi connectivity index (χ2v) is 8.28. The molecule has 1 aliphatic rings. The van der Waals surface area contributed by atoms with Gasteiger partial charge in [-0.2, -0.15) is 4.57 Å². The molecular weight excluding hydrogens is 378 g/mol. The van der Waals surface area contributed by atoms with Crippen LogP contribution in [0, 0.1) is 0 Å². The van der Waals surface area contributed by atoms with Gasteiger partial charge in [0.15, 0.2) is 12.4 Å². The molecular formula is C24H40N3O3+. The maximum atomic E-state index is 12.0. The number of unbranched alkanes of at least 4 members (excludes halogenated alkanes) is 8. The van der Waals surface area contributed by atoms with E-state index in [0.717, 1.165) is 25.0 Å². The van der Waals surface area contributed by atoms with E-state index in [9.17, 15) is 9.59 Å². The van der Waals surface area contributed by atoms with Crippen molar-refractivity contribution in [3.05, 3.63) is 30.1 Å². The van der Waals surface area contributed by atoms with Gasteiger partial charge in [-0.25, -0.2) is 0 Å².